The van der Waals surface area contributed by atoms with Gasteiger partial charge in [-0.2, -0.15) is 5.26 Å². The van der Waals surface area contributed by atoms with Gasteiger partial charge in [-0.15, -0.1) is 0 Å². The summed E-state index contributed by atoms with van der Waals surface area (Å²) >= 11 is 0. The summed E-state index contributed by atoms with van der Waals surface area (Å²) in [7, 11) is 0. The molecule has 0 amide bonds. The number of hydrogen-bond acceptors (Lipinski definition) is 3. The van der Waals surface area contributed by atoms with Crippen LogP contribution >= 0.6 is 0 Å². The minimum absolute atomic E-state index is 0.260. The number of rotatable bonds is 3. The second-order valence-corrected chi connectivity index (χ2v) is 4.33. The molecule has 17 heavy (non-hydrogen) atoms. The number of benzene rings is 1. The Balaban J connectivity index is 2.03. The number of hydrogen-bond donors (Lipinski definition) is 1. The molecular formula is C13H14N2O2. The van der Waals surface area contributed by atoms with E-state index >= 15 is 0 Å². The molecule has 1 aromatic rings. The van der Waals surface area contributed by atoms with E-state index in [-0.39, 0.29) is 5.92 Å². The van der Waals surface area contributed by atoms with Gasteiger partial charge in [0.2, 0.25) is 0 Å². The van der Waals surface area contributed by atoms with Gasteiger partial charge in [-0.1, -0.05) is 18.2 Å². The van der Waals surface area contributed by atoms with E-state index < -0.39 is 5.97 Å². The highest BCUT2D eigenvalue weighted by Crippen LogP contribution is 2.20. The molecule has 1 heterocycles. The fourth-order valence-corrected chi connectivity index (χ4v) is 2.19. The molecular weight excluding hydrogens is 216 g/mol. The molecule has 88 valence electrons. The first kappa shape index (κ1) is 11.6. The summed E-state index contributed by atoms with van der Waals surface area (Å²) in [4.78, 5) is 12.9. The molecule has 4 nitrogen and oxygen atoms in total. The van der Waals surface area contributed by atoms with Crippen molar-refractivity contribution in [2.45, 2.75) is 13.0 Å². The Morgan fingerprint density at radius 2 is 2.29 bits per heavy atom. The fourth-order valence-electron chi connectivity index (χ4n) is 2.19. The van der Waals surface area contributed by atoms with Crippen LogP contribution in [0.15, 0.2) is 24.3 Å². The molecule has 0 spiro atoms. The van der Waals surface area contributed by atoms with Crippen LogP contribution in [0.1, 0.15) is 17.5 Å². The molecule has 0 aliphatic carbocycles. The van der Waals surface area contributed by atoms with E-state index in [4.69, 9.17) is 10.4 Å². The van der Waals surface area contributed by atoms with Crippen molar-refractivity contribution in [2.75, 3.05) is 13.1 Å². The van der Waals surface area contributed by atoms with Crippen LogP contribution < -0.4 is 0 Å². The summed E-state index contributed by atoms with van der Waals surface area (Å²) in [5.41, 5.74) is 1.65. The smallest absolute Gasteiger partial charge is 0.307 e. The second-order valence-electron chi connectivity index (χ2n) is 4.33. The molecule has 0 radical (unpaired) electrons. The maximum Gasteiger partial charge on any atom is 0.307 e. The Labute approximate surface area is 100 Å². The predicted molar refractivity (Wildman–Crippen MR) is 62.2 cm³/mol. The summed E-state index contributed by atoms with van der Waals surface area (Å²) in [6, 6.07) is 9.62. The van der Waals surface area contributed by atoms with Crippen molar-refractivity contribution in [1.29, 1.82) is 5.26 Å². The Morgan fingerprint density at radius 1 is 1.53 bits per heavy atom. The first-order valence-corrected chi connectivity index (χ1v) is 5.64. The van der Waals surface area contributed by atoms with E-state index in [0.717, 1.165) is 12.1 Å². The zero-order valence-corrected chi connectivity index (χ0v) is 9.47. The summed E-state index contributed by atoms with van der Waals surface area (Å²) in [6.07, 6.45) is 0.698. The molecule has 1 fully saturated rings. The SMILES string of the molecule is N#Cc1ccccc1CN1CC[C@H](C(=O)O)C1. The van der Waals surface area contributed by atoms with Crippen molar-refractivity contribution in [3.8, 4) is 6.07 Å². The topological polar surface area (TPSA) is 64.3 Å². The first-order chi connectivity index (χ1) is 8.20. The summed E-state index contributed by atoms with van der Waals surface area (Å²) < 4.78 is 0. The Morgan fingerprint density at radius 3 is 2.94 bits per heavy atom. The highest BCUT2D eigenvalue weighted by molar-refractivity contribution is 5.70. The lowest BCUT2D eigenvalue weighted by atomic mass is 10.1. The quantitative estimate of drug-likeness (QED) is 0.853. The molecule has 0 unspecified atom stereocenters. The van der Waals surface area contributed by atoms with Gasteiger partial charge >= 0.3 is 5.97 Å². The largest absolute Gasteiger partial charge is 0.481 e. The van der Waals surface area contributed by atoms with Gasteiger partial charge in [0.05, 0.1) is 17.6 Å². The third-order valence-corrected chi connectivity index (χ3v) is 3.15. The minimum atomic E-state index is -0.721. The van der Waals surface area contributed by atoms with Crippen LogP contribution in [0, 0.1) is 17.2 Å². The molecule has 1 aliphatic heterocycles. The fraction of sp³-hybridized carbons (Fsp3) is 0.385. The first-order valence-electron chi connectivity index (χ1n) is 5.64. The highest BCUT2D eigenvalue weighted by atomic mass is 16.4. The van der Waals surface area contributed by atoms with Gasteiger partial charge < -0.3 is 5.11 Å². The van der Waals surface area contributed by atoms with E-state index in [9.17, 15) is 4.79 Å². The van der Waals surface area contributed by atoms with Crippen molar-refractivity contribution in [1.82, 2.24) is 4.90 Å². The van der Waals surface area contributed by atoms with Crippen LogP contribution in [0.3, 0.4) is 0 Å². The monoisotopic (exact) mass is 230 g/mol. The highest BCUT2D eigenvalue weighted by Gasteiger charge is 2.27. The molecule has 0 bridgehead atoms. The molecule has 1 aromatic carbocycles. The molecule has 2 rings (SSSR count). The number of aliphatic carboxylic acids is 1. The summed E-state index contributed by atoms with van der Waals surface area (Å²) in [5.74, 6) is -0.981. The van der Waals surface area contributed by atoms with E-state index in [1.54, 1.807) is 6.07 Å². The maximum absolute atomic E-state index is 10.8. The van der Waals surface area contributed by atoms with E-state index in [1.165, 1.54) is 0 Å². The van der Waals surface area contributed by atoms with Gasteiger partial charge in [0.1, 0.15) is 0 Å². The van der Waals surface area contributed by atoms with Gasteiger partial charge in [-0.3, -0.25) is 9.69 Å². The number of nitriles is 1. The molecule has 1 saturated heterocycles. The lowest BCUT2D eigenvalue weighted by molar-refractivity contribution is -0.141. The molecule has 0 aromatic heterocycles. The van der Waals surface area contributed by atoms with Gasteiger partial charge in [0, 0.05) is 13.1 Å². The third kappa shape index (κ3) is 2.63. The normalized spacial score (nSPS) is 20.1. The van der Waals surface area contributed by atoms with Crippen molar-refractivity contribution < 1.29 is 9.90 Å². The molecule has 0 saturated carbocycles. The summed E-state index contributed by atoms with van der Waals surface area (Å²) in [5, 5.41) is 17.9. The van der Waals surface area contributed by atoms with Crippen molar-refractivity contribution in [3.63, 3.8) is 0 Å². The van der Waals surface area contributed by atoms with E-state index in [0.29, 0.717) is 25.1 Å². The second kappa shape index (κ2) is 4.98. The van der Waals surface area contributed by atoms with Crippen LogP contribution in [-0.2, 0) is 11.3 Å². The van der Waals surface area contributed by atoms with Crippen molar-refractivity contribution >= 4 is 5.97 Å². The van der Waals surface area contributed by atoms with Crippen LogP contribution in [0.2, 0.25) is 0 Å². The van der Waals surface area contributed by atoms with Crippen LogP contribution in [0.25, 0.3) is 0 Å². The number of nitrogens with zero attached hydrogens (tertiary/aromatic N) is 2. The summed E-state index contributed by atoms with van der Waals surface area (Å²) in [6.45, 7) is 2.03. The Bertz CT molecular complexity index is 465. The number of carboxylic acid groups (broad SMARTS) is 1. The van der Waals surface area contributed by atoms with Gasteiger partial charge in [0.25, 0.3) is 0 Å². The zero-order chi connectivity index (χ0) is 12.3. The number of carbonyl (C=O) groups is 1. The lowest BCUT2D eigenvalue weighted by Gasteiger charge is -2.15. The van der Waals surface area contributed by atoms with Crippen molar-refractivity contribution in [3.05, 3.63) is 35.4 Å². The molecule has 1 aliphatic rings. The maximum atomic E-state index is 10.8. The Hall–Kier alpha value is -1.86. The van der Waals surface area contributed by atoms with Crippen LogP contribution in [-0.4, -0.2) is 29.1 Å². The molecule has 1 N–H and O–H groups in total. The van der Waals surface area contributed by atoms with E-state index in [1.807, 2.05) is 18.2 Å². The number of carboxylic acids is 1. The van der Waals surface area contributed by atoms with Gasteiger partial charge in [0.15, 0.2) is 0 Å². The zero-order valence-electron chi connectivity index (χ0n) is 9.47. The predicted octanol–water partition coefficient (Wildman–Crippen LogP) is 1.46. The average molecular weight is 230 g/mol. The molecule has 1 atom stereocenters. The van der Waals surface area contributed by atoms with Gasteiger partial charge in [-0.25, -0.2) is 0 Å². The lowest BCUT2D eigenvalue weighted by Crippen LogP contribution is -2.23. The van der Waals surface area contributed by atoms with Crippen molar-refractivity contribution in [2.24, 2.45) is 5.92 Å². The third-order valence-electron chi connectivity index (χ3n) is 3.15. The minimum Gasteiger partial charge on any atom is -0.481 e. The van der Waals surface area contributed by atoms with Crippen LogP contribution in [0.5, 0.6) is 0 Å². The Kier molecular flexibility index (Phi) is 3.40. The standard InChI is InChI=1S/C13H14N2O2/c14-7-10-3-1-2-4-11(10)8-15-6-5-12(9-15)13(16)17/h1-4,12H,5-6,8-9H2,(H,16,17)/t12-/m0/s1. The van der Waals surface area contributed by atoms with Crippen LogP contribution in [0.4, 0.5) is 0 Å². The average Bonchev–Trinajstić information content (AvgIpc) is 2.78. The van der Waals surface area contributed by atoms with E-state index in [2.05, 4.69) is 11.0 Å². The van der Waals surface area contributed by atoms with Gasteiger partial charge in [-0.05, 0) is 24.6 Å². The number of likely N-dealkylation sites (tertiary alicyclic amines) is 1. The molecule has 4 heteroatoms.